The Hall–Kier alpha value is -3.54. The average Bonchev–Trinajstić information content (AvgIpc) is 3.04. The standard InChI is InChI=1S/C22H22N4O2/c1-14-8-9-17(13-19(14)28-4)24-20-10-11-21-23-15(2)22(26(21)25-20)16-6-5-7-18(12-16)27-3/h5-13H,1-4H3,(H,24,25). The maximum atomic E-state index is 5.41. The number of anilines is 2. The first-order valence-corrected chi connectivity index (χ1v) is 9.01. The molecular formula is C22H22N4O2. The molecule has 0 fully saturated rings. The summed E-state index contributed by atoms with van der Waals surface area (Å²) in [4.78, 5) is 4.64. The zero-order chi connectivity index (χ0) is 19.7. The molecule has 0 bridgehead atoms. The van der Waals surface area contributed by atoms with Crippen LogP contribution >= 0.6 is 0 Å². The third-order valence-corrected chi connectivity index (χ3v) is 4.68. The van der Waals surface area contributed by atoms with E-state index in [4.69, 9.17) is 14.6 Å². The predicted octanol–water partition coefficient (Wildman–Crippen LogP) is 4.77. The molecule has 2 aromatic heterocycles. The van der Waals surface area contributed by atoms with Crippen LogP contribution in [0.25, 0.3) is 16.9 Å². The molecule has 0 unspecified atom stereocenters. The van der Waals surface area contributed by atoms with E-state index in [1.807, 2.05) is 73.0 Å². The minimum absolute atomic E-state index is 0.722. The minimum Gasteiger partial charge on any atom is -0.497 e. The van der Waals surface area contributed by atoms with Crippen molar-refractivity contribution in [2.24, 2.45) is 0 Å². The monoisotopic (exact) mass is 374 g/mol. The fourth-order valence-corrected chi connectivity index (χ4v) is 3.26. The zero-order valence-corrected chi connectivity index (χ0v) is 16.4. The highest BCUT2D eigenvalue weighted by Gasteiger charge is 2.13. The van der Waals surface area contributed by atoms with Gasteiger partial charge in [0.1, 0.15) is 11.5 Å². The summed E-state index contributed by atoms with van der Waals surface area (Å²) in [6, 6.07) is 17.8. The molecule has 0 radical (unpaired) electrons. The Morgan fingerprint density at radius 3 is 2.57 bits per heavy atom. The van der Waals surface area contributed by atoms with Crippen molar-refractivity contribution in [3.63, 3.8) is 0 Å². The largest absolute Gasteiger partial charge is 0.497 e. The molecular weight excluding hydrogens is 352 g/mol. The van der Waals surface area contributed by atoms with Gasteiger partial charge in [0.15, 0.2) is 11.5 Å². The number of nitrogens with one attached hydrogen (secondary N) is 1. The van der Waals surface area contributed by atoms with Crippen molar-refractivity contribution >= 4 is 17.2 Å². The second-order valence-corrected chi connectivity index (χ2v) is 6.58. The van der Waals surface area contributed by atoms with E-state index in [1.54, 1.807) is 14.2 Å². The number of aromatic nitrogens is 3. The van der Waals surface area contributed by atoms with Crippen LogP contribution in [0, 0.1) is 13.8 Å². The Balaban J connectivity index is 1.76. The molecule has 6 heteroatoms. The van der Waals surface area contributed by atoms with Gasteiger partial charge in [-0.05, 0) is 49.7 Å². The molecule has 0 amide bonds. The first kappa shape index (κ1) is 17.9. The van der Waals surface area contributed by atoms with E-state index >= 15 is 0 Å². The Bertz CT molecular complexity index is 1150. The first-order valence-electron chi connectivity index (χ1n) is 9.01. The smallest absolute Gasteiger partial charge is 0.154 e. The van der Waals surface area contributed by atoms with E-state index in [0.29, 0.717) is 0 Å². The van der Waals surface area contributed by atoms with Gasteiger partial charge in [-0.1, -0.05) is 18.2 Å². The number of nitrogens with zero attached hydrogens (tertiary/aromatic N) is 3. The number of methoxy groups -OCH3 is 2. The van der Waals surface area contributed by atoms with Crippen molar-refractivity contribution in [2.45, 2.75) is 13.8 Å². The summed E-state index contributed by atoms with van der Waals surface area (Å²) >= 11 is 0. The molecule has 4 aromatic rings. The summed E-state index contributed by atoms with van der Waals surface area (Å²) in [5, 5.41) is 8.11. The lowest BCUT2D eigenvalue weighted by Gasteiger charge is -2.10. The summed E-state index contributed by atoms with van der Waals surface area (Å²) in [6.45, 7) is 4.00. The van der Waals surface area contributed by atoms with Gasteiger partial charge in [-0.25, -0.2) is 9.50 Å². The number of hydrogen-bond acceptors (Lipinski definition) is 5. The molecule has 142 valence electrons. The van der Waals surface area contributed by atoms with Crippen LogP contribution in [0.4, 0.5) is 11.5 Å². The van der Waals surface area contributed by atoms with Gasteiger partial charge in [0.25, 0.3) is 0 Å². The second-order valence-electron chi connectivity index (χ2n) is 6.58. The number of benzene rings is 2. The molecule has 0 atom stereocenters. The second kappa shape index (κ2) is 7.23. The summed E-state index contributed by atoms with van der Waals surface area (Å²) in [6.07, 6.45) is 0. The SMILES string of the molecule is COc1cccc(-c2c(C)nc3ccc(Nc4ccc(C)c(OC)c4)nn23)c1. The Labute approximate surface area is 163 Å². The lowest BCUT2D eigenvalue weighted by molar-refractivity contribution is 0.412. The average molecular weight is 374 g/mol. The molecule has 0 aliphatic carbocycles. The number of rotatable bonds is 5. The number of imidazole rings is 1. The summed E-state index contributed by atoms with van der Waals surface area (Å²) in [5.74, 6) is 2.36. The van der Waals surface area contributed by atoms with Gasteiger partial charge < -0.3 is 14.8 Å². The van der Waals surface area contributed by atoms with Gasteiger partial charge >= 0.3 is 0 Å². The van der Waals surface area contributed by atoms with Crippen LogP contribution in [0.3, 0.4) is 0 Å². The quantitative estimate of drug-likeness (QED) is 0.545. The Morgan fingerprint density at radius 2 is 1.79 bits per heavy atom. The van der Waals surface area contributed by atoms with Gasteiger partial charge in [0.05, 0.1) is 25.6 Å². The van der Waals surface area contributed by atoms with Crippen LogP contribution in [0.15, 0.2) is 54.6 Å². The molecule has 28 heavy (non-hydrogen) atoms. The van der Waals surface area contributed by atoms with Gasteiger partial charge in [0.2, 0.25) is 0 Å². The lowest BCUT2D eigenvalue weighted by atomic mass is 10.1. The highest BCUT2D eigenvalue weighted by molar-refractivity contribution is 5.69. The third kappa shape index (κ3) is 3.24. The van der Waals surface area contributed by atoms with Gasteiger partial charge in [-0.2, -0.15) is 0 Å². The van der Waals surface area contributed by atoms with E-state index in [-0.39, 0.29) is 0 Å². The van der Waals surface area contributed by atoms with Crippen molar-refractivity contribution in [2.75, 3.05) is 19.5 Å². The molecule has 0 spiro atoms. The number of fused-ring (bicyclic) bond motifs is 1. The molecule has 2 aromatic carbocycles. The number of aryl methyl sites for hydroxylation is 2. The molecule has 4 rings (SSSR count). The lowest BCUT2D eigenvalue weighted by Crippen LogP contribution is -2.01. The van der Waals surface area contributed by atoms with Crippen molar-refractivity contribution in [1.82, 2.24) is 14.6 Å². The maximum absolute atomic E-state index is 5.41. The minimum atomic E-state index is 0.722. The van der Waals surface area contributed by atoms with Crippen molar-refractivity contribution < 1.29 is 9.47 Å². The van der Waals surface area contributed by atoms with Crippen LogP contribution in [-0.4, -0.2) is 28.8 Å². The predicted molar refractivity (Wildman–Crippen MR) is 111 cm³/mol. The highest BCUT2D eigenvalue weighted by Crippen LogP contribution is 2.29. The Kier molecular flexibility index (Phi) is 4.61. The van der Waals surface area contributed by atoms with Crippen LogP contribution in [0.1, 0.15) is 11.3 Å². The first-order chi connectivity index (χ1) is 13.6. The molecule has 2 heterocycles. The summed E-state index contributed by atoms with van der Waals surface area (Å²) in [7, 11) is 3.34. The fourth-order valence-electron chi connectivity index (χ4n) is 3.26. The fraction of sp³-hybridized carbons (Fsp3) is 0.182. The van der Waals surface area contributed by atoms with Gasteiger partial charge in [-0.3, -0.25) is 0 Å². The molecule has 0 aliphatic heterocycles. The number of hydrogen-bond donors (Lipinski definition) is 1. The molecule has 0 aliphatic rings. The van der Waals surface area contributed by atoms with Crippen LogP contribution < -0.4 is 14.8 Å². The van der Waals surface area contributed by atoms with Crippen LogP contribution in [0.2, 0.25) is 0 Å². The van der Waals surface area contributed by atoms with E-state index < -0.39 is 0 Å². The number of ether oxygens (including phenoxy) is 2. The van der Waals surface area contributed by atoms with Crippen LogP contribution in [-0.2, 0) is 0 Å². The highest BCUT2D eigenvalue weighted by atomic mass is 16.5. The van der Waals surface area contributed by atoms with Gasteiger partial charge in [-0.15, -0.1) is 5.10 Å². The van der Waals surface area contributed by atoms with E-state index in [2.05, 4.69) is 10.3 Å². The van der Waals surface area contributed by atoms with Crippen molar-refractivity contribution in [3.8, 4) is 22.8 Å². The normalized spacial score (nSPS) is 10.9. The van der Waals surface area contributed by atoms with Crippen LogP contribution in [0.5, 0.6) is 11.5 Å². The van der Waals surface area contributed by atoms with Crippen molar-refractivity contribution in [1.29, 1.82) is 0 Å². The van der Waals surface area contributed by atoms with E-state index in [9.17, 15) is 0 Å². The Morgan fingerprint density at radius 1 is 0.929 bits per heavy atom. The van der Waals surface area contributed by atoms with Crippen molar-refractivity contribution in [3.05, 3.63) is 65.9 Å². The third-order valence-electron chi connectivity index (χ3n) is 4.68. The van der Waals surface area contributed by atoms with Gasteiger partial charge in [0, 0.05) is 17.3 Å². The molecule has 0 saturated carbocycles. The molecule has 6 nitrogen and oxygen atoms in total. The topological polar surface area (TPSA) is 60.7 Å². The van der Waals surface area contributed by atoms with E-state index in [0.717, 1.165) is 51.2 Å². The maximum Gasteiger partial charge on any atom is 0.154 e. The van der Waals surface area contributed by atoms with E-state index in [1.165, 1.54) is 0 Å². The molecule has 1 N–H and O–H groups in total. The summed E-state index contributed by atoms with van der Waals surface area (Å²) in [5.41, 5.74) is 5.65. The molecule has 0 saturated heterocycles. The zero-order valence-electron chi connectivity index (χ0n) is 16.4. The summed E-state index contributed by atoms with van der Waals surface area (Å²) < 4.78 is 12.6.